The zero-order valence-electron chi connectivity index (χ0n) is 22.6. The van der Waals surface area contributed by atoms with Gasteiger partial charge in [-0.2, -0.15) is 5.10 Å². The van der Waals surface area contributed by atoms with E-state index in [-0.39, 0.29) is 29.2 Å². The number of ketones is 1. The van der Waals surface area contributed by atoms with Crippen LogP contribution in [0.2, 0.25) is 0 Å². The largest absolute Gasteiger partial charge is 0.364 e. The zero-order chi connectivity index (χ0) is 26.6. The number of Topliss-reactive ketones (excluding diaryl/α,β-unsaturated/α-hetero) is 1. The molecule has 3 aromatic rings. The molecule has 1 amide bonds. The van der Waals surface area contributed by atoms with Crippen molar-refractivity contribution in [3.05, 3.63) is 41.3 Å². The first kappa shape index (κ1) is 18.7. The van der Waals surface area contributed by atoms with Gasteiger partial charge in [0, 0.05) is 65.8 Å². The van der Waals surface area contributed by atoms with Gasteiger partial charge in [-0.15, -0.1) is 0 Å². The average molecular weight is 463 g/mol. The highest BCUT2D eigenvalue weighted by Gasteiger charge is 2.32. The molecular weight excluding hydrogens is 430 g/mol. The van der Waals surface area contributed by atoms with Gasteiger partial charge in [0.05, 0.1) is 28.7 Å². The average Bonchev–Trinajstić information content (AvgIpc) is 3.57. The number of pyridine rings is 2. The molecule has 9 heteroatoms. The molecule has 1 aliphatic heterocycles. The van der Waals surface area contributed by atoms with Gasteiger partial charge in [-0.05, 0) is 32.8 Å². The summed E-state index contributed by atoms with van der Waals surface area (Å²) in [5.74, 6) is 0.0465. The third kappa shape index (κ3) is 3.81. The number of carbonyl (C=O) groups excluding carboxylic acids is 2. The second kappa shape index (κ2) is 8.23. The highest BCUT2D eigenvalue weighted by molar-refractivity contribution is 6.03. The van der Waals surface area contributed by atoms with Crippen LogP contribution in [0.5, 0.6) is 0 Å². The first-order valence-electron chi connectivity index (χ1n) is 12.8. The fraction of sp³-hybridized carbons (Fsp3) is 0.400. The zero-order valence-corrected chi connectivity index (χ0v) is 19.6. The van der Waals surface area contributed by atoms with E-state index in [1.807, 2.05) is 33.3 Å². The van der Waals surface area contributed by atoms with E-state index < -0.39 is 19.1 Å². The summed E-state index contributed by atoms with van der Waals surface area (Å²) in [5, 5.41) is 10.7. The standard InChI is InChI=1S/C25H29N7O2/c1-6-20(33)17-11-26-21(29-25(34)15-7-8-15)10-19(17)28-24-23-16(9-13(2)27-24)22-18(12-31(4)30-22)14(3)32(23)5/h9-12,14-15H,6-8H2,1-5H3,(H2,26,27,28,29,34)/t14-/m1/s1/i1D3. The van der Waals surface area contributed by atoms with Crippen molar-refractivity contribution in [3.8, 4) is 11.3 Å². The first-order chi connectivity index (χ1) is 17.4. The van der Waals surface area contributed by atoms with Gasteiger partial charge < -0.3 is 15.5 Å². The van der Waals surface area contributed by atoms with Gasteiger partial charge in [-0.25, -0.2) is 9.97 Å². The molecule has 3 aromatic heterocycles. The molecule has 9 nitrogen and oxygen atoms in total. The number of hydrogen-bond acceptors (Lipinski definition) is 7. The van der Waals surface area contributed by atoms with Crippen LogP contribution in [0.4, 0.5) is 23.0 Å². The van der Waals surface area contributed by atoms with Crippen LogP contribution < -0.4 is 15.5 Å². The van der Waals surface area contributed by atoms with Crippen molar-refractivity contribution in [1.82, 2.24) is 19.7 Å². The summed E-state index contributed by atoms with van der Waals surface area (Å²) in [6.07, 6.45) is 4.36. The van der Waals surface area contributed by atoms with Crippen LogP contribution in [-0.4, -0.2) is 38.5 Å². The van der Waals surface area contributed by atoms with Crippen molar-refractivity contribution >= 4 is 34.7 Å². The number of rotatable bonds is 6. The van der Waals surface area contributed by atoms with E-state index >= 15 is 0 Å². The van der Waals surface area contributed by atoms with Crippen LogP contribution in [0.1, 0.15) is 64.8 Å². The molecule has 1 saturated carbocycles. The lowest BCUT2D eigenvalue weighted by Gasteiger charge is -2.34. The second-order valence-corrected chi connectivity index (χ2v) is 9.01. The minimum Gasteiger partial charge on any atom is -0.364 e. The van der Waals surface area contributed by atoms with Crippen molar-refractivity contribution in [2.24, 2.45) is 13.0 Å². The van der Waals surface area contributed by atoms with E-state index in [9.17, 15) is 9.59 Å². The van der Waals surface area contributed by atoms with Crippen molar-refractivity contribution in [2.45, 2.75) is 46.0 Å². The Morgan fingerprint density at radius 2 is 2.06 bits per heavy atom. The first-order valence-corrected chi connectivity index (χ1v) is 11.3. The SMILES string of the molecule is [2H]C([2H])([2H])CC(=O)c1cnc(NC(=O)C2CC2)cc1Nc1nc(C)cc2c1N(C)[C@H](C)c1cn(C)nc1-2. The molecule has 0 radical (unpaired) electrons. The summed E-state index contributed by atoms with van der Waals surface area (Å²) in [5.41, 5.74) is 4.84. The van der Waals surface area contributed by atoms with Crippen LogP contribution in [0, 0.1) is 12.8 Å². The molecule has 0 saturated heterocycles. The maximum absolute atomic E-state index is 13.0. The molecule has 5 rings (SSSR count). The second-order valence-electron chi connectivity index (χ2n) is 9.01. The van der Waals surface area contributed by atoms with E-state index in [2.05, 4.69) is 32.5 Å². The molecule has 0 spiro atoms. The maximum atomic E-state index is 13.0. The Hall–Kier alpha value is -3.75. The van der Waals surface area contributed by atoms with Crippen LogP contribution in [0.25, 0.3) is 11.3 Å². The number of anilines is 4. The lowest BCUT2D eigenvalue weighted by atomic mass is 9.95. The van der Waals surface area contributed by atoms with Crippen LogP contribution in [0.3, 0.4) is 0 Å². The molecule has 4 heterocycles. The molecule has 1 fully saturated rings. The Morgan fingerprint density at radius 1 is 1.26 bits per heavy atom. The molecule has 0 aromatic carbocycles. The maximum Gasteiger partial charge on any atom is 0.228 e. The summed E-state index contributed by atoms with van der Waals surface area (Å²) in [4.78, 5) is 36.4. The molecular formula is C25H29N7O2. The number of aromatic nitrogens is 4. The van der Waals surface area contributed by atoms with Crippen molar-refractivity contribution < 1.29 is 13.7 Å². The Morgan fingerprint density at radius 3 is 2.79 bits per heavy atom. The Labute approximate surface area is 202 Å². The molecule has 0 bridgehead atoms. The number of amides is 1. The van der Waals surface area contributed by atoms with Gasteiger partial charge in [0.25, 0.3) is 0 Å². The molecule has 1 aliphatic carbocycles. The molecule has 1 atom stereocenters. The summed E-state index contributed by atoms with van der Waals surface area (Å²) in [7, 11) is 3.85. The predicted molar refractivity (Wildman–Crippen MR) is 131 cm³/mol. The van der Waals surface area contributed by atoms with Gasteiger partial charge in [0.1, 0.15) is 5.82 Å². The fourth-order valence-corrected chi connectivity index (χ4v) is 4.36. The van der Waals surface area contributed by atoms with E-state index in [0.717, 1.165) is 41.0 Å². The van der Waals surface area contributed by atoms with Gasteiger partial charge in [0.2, 0.25) is 5.91 Å². The highest BCUT2D eigenvalue weighted by Crippen LogP contribution is 2.47. The predicted octanol–water partition coefficient (Wildman–Crippen LogP) is 4.38. The summed E-state index contributed by atoms with van der Waals surface area (Å²) in [6.45, 7) is 1.52. The number of nitrogens with one attached hydrogen (secondary N) is 2. The van der Waals surface area contributed by atoms with Gasteiger partial charge >= 0.3 is 0 Å². The monoisotopic (exact) mass is 462 g/mol. The number of nitrogens with zero attached hydrogens (tertiary/aromatic N) is 5. The molecule has 2 N–H and O–H groups in total. The third-order valence-electron chi connectivity index (χ3n) is 6.43. The minimum atomic E-state index is -2.43. The normalized spacial score (nSPS) is 18.3. The minimum absolute atomic E-state index is 0.0174. The van der Waals surface area contributed by atoms with Crippen molar-refractivity contribution in [1.29, 1.82) is 0 Å². The van der Waals surface area contributed by atoms with Crippen LogP contribution in [0.15, 0.2) is 24.5 Å². The van der Waals surface area contributed by atoms with Crippen LogP contribution in [-0.2, 0) is 11.8 Å². The Bertz CT molecular complexity index is 1410. The molecule has 176 valence electrons. The Kier molecular flexibility index (Phi) is 4.52. The van der Waals surface area contributed by atoms with Crippen molar-refractivity contribution in [2.75, 3.05) is 22.6 Å². The number of fused-ring (bicyclic) bond motifs is 3. The summed E-state index contributed by atoms with van der Waals surface area (Å²) in [6, 6.07) is 3.55. The smallest absolute Gasteiger partial charge is 0.228 e. The lowest BCUT2D eigenvalue weighted by Crippen LogP contribution is -2.27. The van der Waals surface area contributed by atoms with E-state index in [4.69, 9.17) is 9.10 Å². The number of carbonyl (C=O) groups is 2. The van der Waals surface area contributed by atoms with Crippen molar-refractivity contribution in [3.63, 3.8) is 0 Å². The van der Waals surface area contributed by atoms with Gasteiger partial charge in [0.15, 0.2) is 11.6 Å². The Balaban J connectivity index is 1.60. The number of hydrogen-bond donors (Lipinski definition) is 2. The molecule has 0 unspecified atom stereocenters. The third-order valence-corrected chi connectivity index (χ3v) is 6.43. The van der Waals surface area contributed by atoms with E-state index in [1.165, 1.54) is 6.20 Å². The fourth-order valence-electron chi connectivity index (χ4n) is 4.36. The van der Waals surface area contributed by atoms with E-state index in [0.29, 0.717) is 11.5 Å². The quantitative estimate of drug-likeness (QED) is 0.524. The van der Waals surface area contributed by atoms with Gasteiger partial charge in [-0.1, -0.05) is 6.85 Å². The summed E-state index contributed by atoms with van der Waals surface area (Å²) < 4.78 is 24.4. The lowest BCUT2D eigenvalue weighted by molar-refractivity contribution is -0.117. The van der Waals surface area contributed by atoms with E-state index in [1.54, 1.807) is 10.7 Å². The van der Waals surface area contributed by atoms with Gasteiger partial charge in [-0.3, -0.25) is 14.3 Å². The highest BCUT2D eigenvalue weighted by atomic mass is 16.2. The van der Waals surface area contributed by atoms with Crippen LogP contribution >= 0.6 is 0 Å². The summed E-state index contributed by atoms with van der Waals surface area (Å²) >= 11 is 0. The number of aryl methyl sites for hydroxylation is 2. The molecule has 34 heavy (non-hydrogen) atoms. The topological polar surface area (TPSA) is 105 Å². The molecule has 2 aliphatic rings.